The average molecular weight is 350 g/mol. The normalized spacial score (nSPS) is 10.3. The first-order valence-corrected chi connectivity index (χ1v) is 8.54. The molecule has 24 heavy (non-hydrogen) atoms. The molecule has 0 amide bonds. The number of phosphoric acid groups is 1. The van der Waals surface area contributed by atoms with Crippen LogP contribution in [0.3, 0.4) is 0 Å². The molecular weight excluding hydrogens is 334 g/mol. The second-order valence-corrected chi connectivity index (χ2v) is 6.10. The van der Waals surface area contributed by atoms with Gasteiger partial charge in [0.15, 0.2) is 0 Å². The molecule has 0 N–H and O–H groups in total. The minimum absolute atomic E-state index is 0. The first-order chi connectivity index (χ1) is 11.2. The van der Waals surface area contributed by atoms with E-state index in [1.54, 1.807) is 72.8 Å². The van der Waals surface area contributed by atoms with Crippen molar-refractivity contribution >= 4 is 37.4 Å². The number of rotatable bonds is 6. The van der Waals surface area contributed by atoms with Crippen LogP contribution in [0.15, 0.2) is 91.0 Å². The quantitative estimate of drug-likeness (QED) is 0.478. The molecule has 0 aliphatic rings. The van der Waals surface area contributed by atoms with Gasteiger partial charge in [-0.15, -0.1) is 0 Å². The summed E-state index contributed by atoms with van der Waals surface area (Å²) < 4.78 is 29.6. The molecule has 0 saturated carbocycles. The van der Waals surface area contributed by atoms with E-state index in [0.717, 1.165) is 0 Å². The number of phosphoric ester groups is 1. The van der Waals surface area contributed by atoms with Crippen LogP contribution >= 0.6 is 7.82 Å². The van der Waals surface area contributed by atoms with Gasteiger partial charge < -0.3 is 13.6 Å². The van der Waals surface area contributed by atoms with Crippen LogP contribution in [-0.4, -0.2) is 29.6 Å². The van der Waals surface area contributed by atoms with E-state index in [9.17, 15) is 4.57 Å². The Kier molecular flexibility index (Phi) is 6.95. The summed E-state index contributed by atoms with van der Waals surface area (Å²) in [6.45, 7) is 0. The summed E-state index contributed by atoms with van der Waals surface area (Å²) in [7, 11) is -3.89. The molecule has 0 spiro atoms. The van der Waals surface area contributed by atoms with E-state index in [1.165, 1.54) is 0 Å². The standard InChI is InChI=1S/C18H15O4P.Na.H/c19-23(20-16-10-4-1-5-11-16,21-17-12-6-2-7-13-17)22-18-14-8-3-9-15-18;;/h1-15H;;. The van der Waals surface area contributed by atoms with Crippen LogP contribution in [0.2, 0.25) is 0 Å². The van der Waals surface area contributed by atoms with Crippen molar-refractivity contribution < 1.29 is 18.1 Å². The molecule has 0 bridgehead atoms. The molecule has 0 unspecified atom stereocenters. The van der Waals surface area contributed by atoms with Crippen molar-refractivity contribution in [2.75, 3.05) is 0 Å². The molecule has 0 heterocycles. The Bertz CT molecular complexity index is 674. The maximum absolute atomic E-state index is 13.1. The summed E-state index contributed by atoms with van der Waals surface area (Å²) in [4.78, 5) is 0. The Morgan fingerprint density at radius 3 is 1.00 bits per heavy atom. The van der Waals surface area contributed by atoms with Crippen LogP contribution in [0.25, 0.3) is 0 Å². The number of para-hydroxylation sites is 3. The summed E-state index contributed by atoms with van der Waals surface area (Å²) in [6.07, 6.45) is 0. The van der Waals surface area contributed by atoms with E-state index in [-0.39, 0.29) is 29.6 Å². The van der Waals surface area contributed by atoms with E-state index < -0.39 is 7.82 Å². The fraction of sp³-hybridized carbons (Fsp3) is 0. The number of hydrogen-bond donors (Lipinski definition) is 0. The van der Waals surface area contributed by atoms with Crippen LogP contribution in [0.5, 0.6) is 17.2 Å². The molecular formula is C18H16NaO4P. The van der Waals surface area contributed by atoms with Crippen molar-refractivity contribution in [3.63, 3.8) is 0 Å². The second-order valence-electron chi connectivity index (χ2n) is 4.66. The molecule has 0 aromatic heterocycles. The molecule has 0 atom stereocenters. The van der Waals surface area contributed by atoms with Gasteiger partial charge in [-0.25, -0.2) is 0 Å². The van der Waals surface area contributed by atoms with Crippen LogP contribution in [-0.2, 0) is 4.57 Å². The summed E-state index contributed by atoms with van der Waals surface area (Å²) in [5, 5.41) is 0. The van der Waals surface area contributed by atoms with Gasteiger partial charge in [-0.05, 0) is 36.4 Å². The van der Waals surface area contributed by atoms with Gasteiger partial charge in [-0.3, -0.25) is 0 Å². The predicted octanol–water partition coefficient (Wildman–Crippen LogP) is 4.68. The van der Waals surface area contributed by atoms with Crippen molar-refractivity contribution in [3.8, 4) is 17.2 Å². The fourth-order valence-corrected chi connectivity index (χ4v) is 3.14. The van der Waals surface area contributed by atoms with Crippen molar-refractivity contribution in [2.45, 2.75) is 0 Å². The zero-order valence-electron chi connectivity index (χ0n) is 12.2. The predicted molar refractivity (Wildman–Crippen MR) is 96.0 cm³/mol. The van der Waals surface area contributed by atoms with Gasteiger partial charge in [0.1, 0.15) is 17.2 Å². The SMILES string of the molecule is O=P(Oc1ccccc1)(Oc1ccccc1)Oc1ccccc1.[NaH]. The molecule has 0 fully saturated rings. The Hall–Kier alpha value is -1.71. The van der Waals surface area contributed by atoms with Crippen LogP contribution in [0.4, 0.5) is 0 Å². The van der Waals surface area contributed by atoms with E-state index in [4.69, 9.17) is 13.6 Å². The van der Waals surface area contributed by atoms with Gasteiger partial charge in [0.2, 0.25) is 0 Å². The first-order valence-electron chi connectivity index (χ1n) is 7.07. The Morgan fingerprint density at radius 1 is 0.500 bits per heavy atom. The van der Waals surface area contributed by atoms with Gasteiger partial charge in [-0.2, -0.15) is 4.57 Å². The van der Waals surface area contributed by atoms with Crippen LogP contribution < -0.4 is 13.6 Å². The summed E-state index contributed by atoms with van der Waals surface area (Å²) in [5.74, 6) is 1.22. The van der Waals surface area contributed by atoms with Crippen molar-refractivity contribution in [1.82, 2.24) is 0 Å². The Balaban J connectivity index is 0.00000208. The van der Waals surface area contributed by atoms with Crippen LogP contribution in [0.1, 0.15) is 0 Å². The zero-order valence-corrected chi connectivity index (χ0v) is 13.1. The second kappa shape index (κ2) is 8.95. The number of benzene rings is 3. The maximum atomic E-state index is 13.1. The van der Waals surface area contributed by atoms with E-state index in [0.29, 0.717) is 17.2 Å². The van der Waals surface area contributed by atoms with Crippen LogP contribution in [0, 0.1) is 0 Å². The minimum atomic E-state index is -3.89. The molecule has 118 valence electrons. The molecule has 3 rings (SSSR count). The van der Waals surface area contributed by atoms with Gasteiger partial charge >= 0.3 is 37.4 Å². The topological polar surface area (TPSA) is 44.8 Å². The fourth-order valence-electron chi connectivity index (χ4n) is 1.89. The van der Waals surface area contributed by atoms with Crippen molar-refractivity contribution in [3.05, 3.63) is 91.0 Å². The van der Waals surface area contributed by atoms with Crippen molar-refractivity contribution in [2.24, 2.45) is 0 Å². The molecule has 3 aromatic carbocycles. The van der Waals surface area contributed by atoms with Gasteiger partial charge in [0, 0.05) is 0 Å². The molecule has 0 aliphatic heterocycles. The molecule has 0 radical (unpaired) electrons. The zero-order chi connectivity index (χ0) is 16.0. The van der Waals surface area contributed by atoms with Gasteiger partial charge in [-0.1, -0.05) is 54.6 Å². The molecule has 3 aromatic rings. The van der Waals surface area contributed by atoms with Gasteiger partial charge in [0.05, 0.1) is 0 Å². The van der Waals surface area contributed by atoms with E-state index in [2.05, 4.69) is 0 Å². The van der Waals surface area contributed by atoms with E-state index >= 15 is 0 Å². The molecule has 4 nitrogen and oxygen atoms in total. The third-order valence-corrected chi connectivity index (χ3v) is 4.18. The van der Waals surface area contributed by atoms with Gasteiger partial charge in [0.25, 0.3) is 0 Å². The summed E-state index contributed by atoms with van der Waals surface area (Å²) >= 11 is 0. The summed E-state index contributed by atoms with van der Waals surface area (Å²) in [6, 6.07) is 26.4. The Labute approximate surface area is 163 Å². The van der Waals surface area contributed by atoms with E-state index in [1.807, 2.05) is 18.2 Å². The van der Waals surface area contributed by atoms with Crippen molar-refractivity contribution in [1.29, 1.82) is 0 Å². The molecule has 6 heteroatoms. The summed E-state index contributed by atoms with van der Waals surface area (Å²) in [5.41, 5.74) is 0. The monoisotopic (exact) mass is 350 g/mol. The third-order valence-electron chi connectivity index (χ3n) is 2.88. The average Bonchev–Trinajstić information content (AvgIpc) is 2.57. The molecule has 0 aliphatic carbocycles. The molecule has 0 saturated heterocycles. The first kappa shape index (κ1) is 18.6. The Morgan fingerprint density at radius 2 is 0.750 bits per heavy atom. The third kappa shape index (κ3) is 5.43. The number of hydrogen-bond acceptors (Lipinski definition) is 4.